The number of hydrogen-bond donors (Lipinski definition) is 1. The number of hydrogen-bond acceptors (Lipinski definition) is 6. The Morgan fingerprint density at radius 3 is 2.42 bits per heavy atom. The summed E-state index contributed by atoms with van der Waals surface area (Å²) in [5.74, 6) is -0.582. The minimum absolute atomic E-state index is 0.0133. The molecule has 6 nitrogen and oxygen atoms in total. The Morgan fingerprint density at radius 2 is 1.67 bits per heavy atom. The molecule has 0 unspecified atom stereocenters. The zero-order valence-electron chi connectivity index (χ0n) is 18.7. The second kappa shape index (κ2) is 10.2. The summed E-state index contributed by atoms with van der Waals surface area (Å²) in [7, 11) is -3.61. The van der Waals surface area contributed by atoms with Crippen LogP contribution < -0.4 is 4.74 Å². The van der Waals surface area contributed by atoms with Crippen LogP contribution in [0.3, 0.4) is 0 Å². The monoisotopic (exact) mass is 520 g/mol. The first kappa shape index (κ1) is 25.5. The summed E-state index contributed by atoms with van der Waals surface area (Å²) in [4.78, 5) is 7.81. The summed E-state index contributed by atoms with van der Waals surface area (Å²) in [5.41, 5.74) is -1.48. The summed E-state index contributed by atoms with van der Waals surface area (Å²) >= 11 is 0. The lowest BCUT2D eigenvalue weighted by Crippen LogP contribution is -2.07. The van der Waals surface area contributed by atoms with Crippen LogP contribution in [0.4, 0.5) is 17.6 Å². The van der Waals surface area contributed by atoms with Gasteiger partial charge in [-0.3, -0.25) is 0 Å². The van der Waals surface area contributed by atoms with Gasteiger partial charge in [0.05, 0.1) is 27.4 Å². The van der Waals surface area contributed by atoms with Gasteiger partial charge in [-0.15, -0.1) is 0 Å². The molecule has 0 amide bonds. The first-order valence-corrected chi connectivity index (χ1v) is 12.5. The predicted molar refractivity (Wildman–Crippen MR) is 125 cm³/mol. The lowest BCUT2D eigenvalue weighted by molar-refractivity contribution is -0.136. The summed E-state index contributed by atoms with van der Waals surface area (Å²) in [6.45, 7) is -0.106. The molecule has 4 aromatic rings. The van der Waals surface area contributed by atoms with Crippen molar-refractivity contribution in [2.75, 3.05) is 12.4 Å². The van der Waals surface area contributed by atoms with Crippen molar-refractivity contribution in [2.45, 2.75) is 23.9 Å². The fraction of sp³-hybridized carbons (Fsp3) is 0.200. The number of para-hydroxylation sites is 1. The van der Waals surface area contributed by atoms with Gasteiger partial charge in [0.15, 0.2) is 9.84 Å². The second-order valence-electron chi connectivity index (χ2n) is 7.89. The molecule has 0 radical (unpaired) electrons. The van der Waals surface area contributed by atoms with Gasteiger partial charge >= 0.3 is 6.18 Å². The number of aromatic nitrogens is 2. The first-order valence-electron chi connectivity index (χ1n) is 10.8. The van der Waals surface area contributed by atoms with E-state index in [2.05, 4.69) is 9.97 Å². The number of alkyl halides is 3. The topological polar surface area (TPSA) is 89.4 Å². The Labute approximate surface area is 204 Å². The molecular weight excluding hydrogens is 500 g/mol. The maximum atomic E-state index is 14.8. The molecule has 0 spiro atoms. The van der Waals surface area contributed by atoms with Crippen LogP contribution in [0.2, 0.25) is 0 Å². The third-order valence-electron chi connectivity index (χ3n) is 5.38. The zero-order valence-corrected chi connectivity index (χ0v) is 19.5. The maximum absolute atomic E-state index is 14.8. The van der Waals surface area contributed by atoms with Crippen LogP contribution in [-0.2, 0) is 16.0 Å². The number of halogens is 4. The number of benzene rings is 3. The number of fused-ring (bicyclic) bond motifs is 1. The Bertz CT molecular complexity index is 1510. The third-order valence-corrected chi connectivity index (χ3v) is 7.18. The number of ether oxygens (including phenoxy) is 1. The van der Waals surface area contributed by atoms with Gasteiger partial charge in [-0.2, -0.15) is 13.2 Å². The number of aliphatic hydroxyl groups is 1. The van der Waals surface area contributed by atoms with Gasteiger partial charge in [0.2, 0.25) is 0 Å². The van der Waals surface area contributed by atoms with Gasteiger partial charge in [0, 0.05) is 17.6 Å². The number of unbranched alkanes of at least 4 members (excludes halogenated alkanes) is 1. The van der Waals surface area contributed by atoms with Crippen LogP contribution in [0, 0.1) is 5.82 Å². The number of nitrogens with zero attached hydrogens (tertiary/aromatic N) is 2. The van der Waals surface area contributed by atoms with Crippen LogP contribution >= 0.6 is 0 Å². The second-order valence-corrected chi connectivity index (χ2v) is 10.00. The van der Waals surface area contributed by atoms with Crippen molar-refractivity contribution in [3.8, 4) is 22.8 Å². The van der Waals surface area contributed by atoms with E-state index in [1.54, 1.807) is 0 Å². The first-order chi connectivity index (χ1) is 17.1. The largest absolute Gasteiger partial charge is 0.457 e. The highest BCUT2D eigenvalue weighted by Crippen LogP contribution is 2.37. The molecule has 0 aliphatic rings. The van der Waals surface area contributed by atoms with Crippen molar-refractivity contribution in [1.82, 2.24) is 9.97 Å². The van der Waals surface area contributed by atoms with Crippen molar-refractivity contribution in [1.29, 1.82) is 0 Å². The summed E-state index contributed by atoms with van der Waals surface area (Å²) in [6.07, 6.45) is -3.06. The van der Waals surface area contributed by atoms with Gasteiger partial charge in [-0.1, -0.05) is 18.2 Å². The van der Waals surface area contributed by atoms with E-state index in [0.29, 0.717) is 12.8 Å². The molecule has 0 atom stereocenters. The highest BCUT2D eigenvalue weighted by atomic mass is 32.2. The van der Waals surface area contributed by atoms with Crippen molar-refractivity contribution < 1.29 is 35.8 Å². The van der Waals surface area contributed by atoms with E-state index >= 15 is 0 Å². The van der Waals surface area contributed by atoms with Crippen LogP contribution in [0.25, 0.3) is 22.2 Å². The Hall–Kier alpha value is -3.57. The van der Waals surface area contributed by atoms with E-state index in [1.165, 1.54) is 48.5 Å². The quantitative estimate of drug-likeness (QED) is 0.234. The molecule has 3 aromatic carbocycles. The predicted octanol–water partition coefficient (Wildman–Crippen LogP) is 5.79. The number of aliphatic hydroxyl groups excluding tert-OH is 1. The molecule has 1 N–H and O–H groups in total. The van der Waals surface area contributed by atoms with Crippen LogP contribution in [0.15, 0.2) is 71.9 Å². The van der Waals surface area contributed by atoms with Crippen LogP contribution in [-0.4, -0.2) is 35.9 Å². The fourth-order valence-corrected chi connectivity index (χ4v) is 5.07. The SMILES string of the molecule is O=S(=O)(CCCCO)c1cccc(Oc2ccc(F)c(-c3ncnc4c(C(F)(F)F)cccc34)c2)c1. The molecule has 0 fully saturated rings. The molecule has 0 saturated heterocycles. The highest BCUT2D eigenvalue weighted by molar-refractivity contribution is 7.91. The molecule has 0 aliphatic heterocycles. The minimum atomic E-state index is -4.65. The zero-order chi connectivity index (χ0) is 25.9. The summed E-state index contributed by atoms with van der Waals surface area (Å²) in [6, 6.07) is 12.9. The molecular formula is C25H20F4N2O4S. The number of rotatable bonds is 8. The van der Waals surface area contributed by atoms with E-state index in [-0.39, 0.29) is 50.9 Å². The maximum Gasteiger partial charge on any atom is 0.418 e. The van der Waals surface area contributed by atoms with Crippen molar-refractivity contribution >= 4 is 20.7 Å². The molecule has 1 heterocycles. The van der Waals surface area contributed by atoms with Gasteiger partial charge in [-0.05, 0) is 55.3 Å². The minimum Gasteiger partial charge on any atom is -0.457 e. The van der Waals surface area contributed by atoms with Gasteiger partial charge in [0.25, 0.3) is 0 Å². The number of sulfone groups is 1. The third kappa shape index (κ3) is 5.47. The molecule has 36 heavy (non-hydrogen) atoms. The van der Waals surface area contributed by atoms with Gasteiger partial charge in [0.1, 0.15) is 23.6 Å². The van der Waals surface area contributed by atoms with Gasteiger partial charge in [-0.25, -0.2) is 22.8 Å². The van der Waals surface area contributed by atoms with Crippen LogP contribution in [0.1, 0.15) is 18.4 Å². The Balaban J connectivity index is 1.69. The standard InChI is InChI=1S/C25H20F4N2O4S/c26-22-10-9-17(35-16-5-3-6-18(13-16)36(33,34)12-2-1-11-32)14-20(22)23-19-7-4-8-21(25(27,28)29)24(19)31-15-30-23/h3-10,13-15,32H,1-2,11-12H2. The molecule has 1 aromatic heterocycles. The molecule has 4 rings (SSSR count). The summed E-state index contributed by atoms with van der Waals surface area (Å²) in [5, 5.41) is 8.89. The van der Waals surface area contributed by atoms with Crippen molar-refractivity contribution in [2.24, 2.45) is 0 Å². The Morgan fingerprint density at radius 1 is 0.917 bits per heavy atom. The summed E-state index contributed by atoms with van der Waals surface area (Å²) < 4.78 is 85.9. The van der Waals surface area contributed by atoms with Crippen LogP contribution in [0.5, 0.6) is 11.5 Å². The van der Waals surface area contributed by atoms with Crippen molar-refractivity contribution in [3.05, 3.63) is 78.4 Å². The fourth-order valence-electron chi connectivity index (χ4n) is 3.67. The highest BCUT2D eigenvalue weighted by Gasteiger charge is 2.33. The molecule has 11 heteroatoms. The van der Waals surface area contributed by atoms with Gasteiger partial charge < -0.3 is 9.84 Å². The molecule has 188 valence electrons. The van der Waals surface area contributed by atoms with E-state index in [1.807, 2.05) is 0 Å². The van der Waals surface area contributed by atoms with E-state index < -0.39 is 27.4 Å². The molecule has 0 bridgehead atoms. The smallest absolute Gasteiger partial charge is 0.418 e. The van der Waals surface area contributed by atoms with Crippen molar-refractivity contribution in [3.63, 3.8) is 0 Å². The average molecular weight is 521 g/mol. The average Bonchev–Trinajstić information content (AvgIpc) is 2.84. The molecule has 0 saturated carbocycles. The Kier molecular flexibility index (Phi) is 7.23. The molecule has 0 aliphatic carbocycles. The normalized spacial score (nSPS) is 12.1. The lowest BCUT2D eigenvalue weighted by atomic mass is 10.0. The van der Waals surface area contributed by atoms with E-state index in [0.717, 1.165) is 18.5 Å². The van der Waals surface area contributed by atoms with E-state index in [4.69, 9.17) is 9.84 Å². The lowest BCUT2D eigenvalue weighted by Gasteiger charge is -2.13. The van der Waals surface area contributed by atoms with E-state index in [9.17, 15) is 26.0 Å².